The van der Waals surface area contributed by atoms with Gasteiger partial charge in [0.15, 0.2) is 0 Å². The molecule has 0 unspecified atom stereocenters. The highest BCUT2D eigenvalue weighted by Gasteiger charge is 2.17. The Morgan fingerprint density at radius 1 is 1.22 bits per heavy atom. The van der Waals surface area contributed by atoms with Crippen molar-refractivity contribution in [3.8, 4) is 0 Å². The van der Waals surface area contributed by atoms with Gasteiger partial charge >= 0.3 is 0 Å². The van der Waals surface area contributed by atoms with E-state index in [0.717, 1.165) is 29.4 Å². The number of carbonyl (C=O) groups is 1. The third-order valence-corrected chi connectivity index (χ3v) is 4.59. The zero-order chi connectivity index (χ0) is 15.6. The summed E-state index contributed by atoms with van der Waals surface area (Å²) in [6.45, 7) is 0.837. The Morgan fingerprint density at radius 2 is 2.09 bits per heavy atom. The topological polar surface area (TPSA) is 62.7 Å². The molecule has 5 heteroatoms. The number of nitrogens with zero attached hydrogens (tertiary/aromatic N) is 2. The number of benzene rings is 1. The van der Waals surface area contributed by atoms with Crippen molar-refractivity contribution >= 4 is 16.8 Å². The van der Waals surface area contributed by atoms with Crippen LogP contribution in [-0.4, -0.2) is 20.7 Å². The maximum absolute atomic E-state index is 12.2. The highest BCUT2D eigenvalue weighted by molar-refractivity contribution is 5.83. The standard InChI is InChI=1S/C18H20N4O/c23-18(12-22-10-9-13-5-1-4-8-17(13)22)19-11-16-14-6-2-3-7-15(14)20-21-16/h1,4-5,8-10H,2-3,6-7,11-12H2,(H,19,23)(H,20,21). The summed E-state index contributed by atoms with van der Waals surface area (Å²) in [6, 6.07) is 10.1. The molecule has 3 aromatic rings. The van der Waals surface area contributed by atoms with Gasteiger partial charge in [0, 0.05) is 17.4 Å². The molecule has 0 saturated carbocycles. The van der Waals surface area contributed by atoms with Crippen LogP contribution in [0.25, 0.3) is 10.9 Å². The van der Waals surface area contributed by atoms with Crippen molar-refractivity contribution in [3.05, 3.63) is 53.5 Å². The molecule has 2 N–H and O–H groups in total. The molecule has 0 aliphatic heterocycles. The molecule has 2 aromatic heterocycles. The average molecular weight is 308 g/mol. The Bertz CT molecular complexity index is 846. The number of fused-ring (bicyclic) bond motifs is 2. The van der Waals surface area contributed by atoms with Crippen molar-refractivity contribution in [3.63, 3.8) is 0 Å². The lowest BCUT2D eigenvalue weighted by atomic mass is 9.96. The summed E-state index contributed by atoms with van der Waals surface area (Å²) in [5.74, 6) is 0.0129. The normalized spacial score (nSPS) is 13.9. The Morgan fingerprint density at radius 3 is 3.04 bits per heavy atom. The first-order valence-electron chi connectivity index (χ1n) is 8.17. The summed E-state index contributed by atoms with van der Waals surface area (Å²) in [4.78, 5) is 12.2. The van der Waals surface area contributed by atoms with E-state index >= 15 is 0 Å². The van der Waals surface area contributed by atoms with E-state index in [1.54, 1.807) is 0 Å². The SMILES string of the molecule is O=C(Cn1ccc2ccccc21)NCc1n[nH]c2c1CCCC2. The number of hydrogen-bond acceptors (Lipinski definition) is 2. The van der Waals surface area contributed by atoms with Crippen LogP contribution in [0.5, 0.6) is 0 Å². The Labute approximate surface area is 134 Å². The van der Waals surface area contributed by atoms with Crippen molar-refractivity contribution in [2.24, 2.45) is 0 Å². The van der Waals surface area contributed by atoms with E-state index in [-0.39, 0.29) is 5.91 Å². The summed E-state index contributed by atoms with van der Waals surface area (Å²) in [7, 11) is 0. The van der Waals surface area contributed by atoms with E-state index < -0.39 is 0 Å². The Balaban J connectivity index is 1.42. The van der Waals surface area contributed by atoms with E-state index in [4.69, 9.17) is 0 Å². The fraction of sp³-hybridized carbons (Fsp3) is 0.333. The van der Waals surface area contributed by atoms with E-state index in [0.29, 0.717) is 13.1 Å². The minimum atomic E-state index is 0.0129. The lowest BCUT2D eigenvalue weighted by Crippen LogP contribution is -2.27. The third kappa shape index (κ3) is 2.74. The minimum Gasteiger partial charge on any atom is -0.349 e. The van der Waals surface area contributed by atoms with Gasteiger partial charge in [-0.2, -0.15) is 5.10 Å². The molecule has 1 aromatic carbocycles. The highest BCUT2D eigenvalue weighted by atomic mass is 16.1. The third-order valence-electron chi connectivity index (χ3n) is 4.59. The first kappa shape index (κ1) is 14.1. The summed E-state index contributed by atoms with van der Waals surface area (Å²) < 4.78 is 1.98. The van der Waals surface area contributed by atoms with Gasteiger partial charge in [0.25, 0.3) is 0 Å². The fourth-order valence-electron chi connectivity index (χ4n) is 3.37. The van der Waals surface area contributed by atoms with Gasteiger partial charge in [-0.3, -0.25) is 9.89 Å². The number of nitrogens with one attached hydrogen (secondary N) is 2. The van der Waals surface area contributed by atoms with Crippen LogP contribution in [0, 0.1) is 0 Å². The number of aryl methyl sites for hydroxylation is 1. The number of para-hydroxylation sites is 1. The molecule has 0 bridgehead atoms. The maximum atomic E-state index is 12.2. The summed E-state index contributed by atoms with van der Waals surface area (Å²) >= 11 is 0. The number of amides is 1. The molecule has 0 atom stereocenters. The van der Waals surface area contributed by atoms with Gasteiger partial charge in [-0.25, -0.2) is 0 Å². The number of rotatable bonds is 4. The van der Waals surface area contributed by atoms with Crippen LogP contribution in [0.15, 0.2) is 36.5 Å². The lowest BCUT2D eigenvalue weighted by Gasteiger charge is -2.11. The maximum Gasteiger partial charge on any atom is 0.240 e. The van der Waals surface area contributed by atoms with Gasteiger partial charge in [-0.05, 0) is 48.8 Å². The van der Waals surface area contributed by atoms with Crippen LogP contribution in [0.1, 0.15) is 29.8 Å². The second-order valence-electron chi connectivity index (χ2n) is 6.11. The number of aromatic nitrogens is 3. The average Bonchev–Trinajstić information content (AvgIpc) is 3.18. The van der Waals surface area contributed by atoms with E-state index in [9.17, 15) is 4.79 Å². The van der Waals surface area contributed by atoms with Crippen molar-refractivity contribution in [2.75, 3.05) is 0 Å². The van der Waals surface area contributed by atoms with E-state index in [2.05, 4.69) is 21.6 Å². The molecule has 1 aliphatic carbocycles. The smallest absolute Gasteiger partial charge is 0.240 e. The van der Waals surface area contributed by atoms with Crippen molar-refractivity contribution in [2.45, 2.75) is 38.8 Å². The lowest BCUT2D eigenvalue weighted by molar-refractivity contribution is -0.121. The van der Waals surface area contributed by atoms with Crippen LogP contribution in [-0.2, 0) is 30.7 Å². The predicted octanol–water partition coefficient (Wildman–Crippen LogP) is 2.56. The van der Waals surface area contributed by atoms with Crippen LogP contribution < -0.4 is 5.32 Å². The second kappa shape index (κ2) is 5.91. The van der Waals surface area contributed by atoms with Crippen LogP contribution in [0.3, 0.4) is 0 Å². The monoisotopic (exact) mass is 308 g/mol. The van der Waals surface area contributed by atoms with Crippen LogP contribution in [0.4, 0.5) is 0 Å². The number of aromatic amines is 1. The molecule has 2 heterocycles. The molecule has 0 radical (unpaired) electrons. The van der Waals surface area contributed by atoms with E-state index in [1.165, 1.54) is 24.1 Å². The Kier molecular flexibility index (Phi) is 3.61. The molecule has 0 spiro atoms. The zero-order valence-corrected chi connectivity index (χ0v) is 13.0. The summed E-state index contributed by atoms with van der Waals surface area (Å²) in [6.07, 6.45) is 6.54. The van der Waals surface area contributed by atoms with Gasteiger partial charge in [-0.1, -0.05) is 18.2 Å². The van der Waals surface area contributed by atoms with Gasteiger partial charge in [-0.15, -0.1) is 0 Å². The zero-order valence-electron chi connectivity index (χ0n) is 13.0. The molecule has 118 valence electrons. The molecule has 5 nitrogen and oxygen atoms in total. The first-order chi connectivity index (χ1) is 11.3. The van der Waals surface area contributed by atoms with Crippen molar-refractivity contribution in [1.29, 1.82) is 0 Å². The second-order valence-corrected chi connectivity index (χ2v) is 6.11. The highest BCUT2D eigenvalue weighted by Crippen LogP contribution is 2.22. The van der Waals surface area contributed by atoms with Gasteiger partial charge in [0.1, 0.15) is 6.54 Å². The largest absolute Gasteiger partial charge is 0.349 e. The molecule has 0 saturated heterocycles. The fourth-order valence-corrected chi connectivity index (χ4v) is 3.37. The Hall–Kier alpha value is -2.56. The molecule has 0 fully saturated rings. The minimum absolute atomic E-state index is 0.0129. The summed E-state index contributed by atoms with van der Waals surface area (Å²) in [5.41, 5.74) is 4.63. The molecular formula is C18H20N4O. The van der Waals surface area contributed by atoms with Gasteiger partial charge in [0.2, 0.25) is 5.91 Å². The molecule has 1 amide bonds. The predicted molar refractivity (Wildman–Crippen MR) is 89.0 cm³/mol. The number of hydrogen-bond donors (Lipinski definition) is 2. The molecule has 1 aliphatic rings. The number of H-pyrrole nitrogens is 1. The van der Waals surface area contributed by atoms with Crippen molar-refractivity contribution < 1.29 is 4.79 Å². The first-order valence-corrected chi connectivity index (χ1v) is 8.17. The number of carbonyl (C=O) groups excluding carboxylic acids is 1. The van der Waals surface area contributed by atoms with Gasteiger partial charge in [0.05, 0.1) is 12.2 Å². The van der Waals surface area contributed by atoms with Gasteiger partial charge < -0.3 is 9.88 Å². The molecule has 23 heavy (non-hydrogen) atoms. The molecule has 4 rings (SSSR count). The molecular weight excluding hydrogens is 288 g/mol. The van der Waals surface area contributed by atoms with Crippen molar-refractivity contribution in [1.82, 2.24) is 20.1 Å². The van der Waals surface area contributed by atoms with E-state index in [1.807, 2.05) is 35.0 Å². The van der Waals surface area contributed by atoms with Crippen LogP contribution >= 0.6 is 0 Å². The summed E-state index contributed by atoms with van der Waals surface area (Å²) in [5, 5.41) is 11.6. The quantitative estimate of drug-likeness (QED) is 0.778. The van der Waals surface area contributed by atoms with Crippen LogP contribution in [0.2, 0.25) is 0 Å².